The molecule has 0 bridgehead atoms. The Labute approximate surface area is 159 Å². The van der Waals surface area contributed by atoms with Crippen LogP contribution >= 0.6 is 11.8 Å². The van der Waals surface area contributed by atoms with Crippen LogP contribution in [0.25, 0.3) is 16.7 Å². The second-order valence-electron chi connectivity index (χ2n) is 5.81. The number of aryl methyl sites for hydroxylation is 1. The van der Waals surface area contributed by atoms with Crippen molar-refractivity contribution in [1.82, 2.24) is 19.7 Å². The van der Waals surface area contributed by atoms with Crippen LogP contribution in [0, 0.1) is 6.92 Å². The van der Waals surface area contributed by atoms with Crippen molar-refractivity contribution in [2.24, 2.45) is 0 Å². The maximum atomic E-state index is 11.7. The molecule has 0 atom stereocenters. The average Bonchev–Trinajstić information content (AvgIpc) is 3.30. The molecule has 0 fully saturated rings. The highest BCUT2D eigenvalue weighted by Gasteiger charge is 2.17. The van der Waals surface area contributed by atoms with Crippen molar-refractivity contribution < 1.29 is 13.9 Å². The average molecular weight is 380 g/mol. The molecule has 0 saturated heterocycles. The van der Waals surface area contributed by atoms with Crippen LogP contribution in [0.1, 0.15) is 21.9 Å². The molecule has 27 heavy (non-hydrogen) atoms. The molecule has 4 aromatic rings. The van der Waals surface area contributed by atoms with Gasteiger partial charge in [0.05, 0.1) is 30.1 Å². The zero-order valence-corrected chi connectivity index (χ0v) is 15.6. The van der Waals surface area contributed by atoms with Crippen LogP contribution in [0.4, 0.5) is 0 Å². The Balaban J connectivity index is 1.60. The molecular weight excluding hydrogens is 364 g/mol. The molecule has 1 aromatic carbocycles. The number of para-hydroxylation sites is 1. The van der Waals surface area contributed by atoms with E-state index >= 15 is 0 Å². The highest BCUT2D eigenvalue weighted by molar-refractivity contribution is 7.98. The predicted octanol–water partition coefficient (Wildman–Crippen LogP) is 3.80. The molecule has 3 aromatic heterocycles. The molecule has 7 nitrogen and oxygen atoms in total. The summed E-state index contributed by atoms with van der Waals surface area (Å²) >= 11 is 1.50. The monoisotopic (exact) mass is 380 g/mol. The van der Waals surface area contributed by atoms with Crippen molar-refractivity contribution in [3.05, 3.63) is 66.0 Å². The molecule has 0 aliphatic heterocycles. The van der Waals surface area contributed by atoms with Gasteiger partial charge in [-0.3, -0.25) is 0 Å². The maximum absolute atomic E-state index is 11.7. The maximum Gasteiger partial charge on any atom is 0.374 e. The zero-order chi connectivity index (χ0) is 18.8. The molecule has 0 N–H and O–H groups in total. The second-order valence-corrected chi connectivity index (χ2v) is 6.78. The molecule has 0 unspecified atom stereocenters. The van der Waals surface area contributed by atoms with E-state index in [4.69, 9.17) is 9.15 Å². The lowest BCUT2D eigenvalue weighted by molar-refractivity contribution is 0.0562. The normalized spacial score (nSPS) is 11.0. The fourth-order valence-electron chi connectivity index (χ4n) is 2.75. The molecule has 3 heterocycles. The van der Waals surface area contributed by atoms with Gasteiger partial charge in [0.15, 0.2) is 5.65 Å². The smallest absolute Gasteiger partial charge is 0.374 e. The Morgan fingerprint density at radius 2 is 2.07 bits per heavy atom. The number of methoxy groups -OCH3 is 1. The van der Waals surface area contributed by atoms with E-state index in [1.807, 2.05) is 43.3 Å². The van der Waals surface area contributed by atoms with Crippen LogP contribution in [0.2, 0.25) is 0 Å². The number of aromatic nitrogens is 4. The van der Waals surface area contributed by atoms with Crippen LogP contribution in [0.5, 0.6) is 0 Å². The highest BCUT2D eigenvalue weighted by Crippen LogP contribution is 2.29. The summed E-state index contributed by atoms with van der Waals surface area (Å²) in [6.07, 6.45) is 3.29. The molecule has 0 saturated carbocycles. The van der Waals surface area contributed by atoms with Gasteiger partial charge in [-0.2, -0.15) is 5.10 Å². The summed E-state index contributed by atoms with van der Waals surface area (Å²) in [4.78, 5) is 20.4. The number of ether oxygens (including phenoxy) is 1. The van der Waals surface area contributed by atoms with Gasteiger partial charge in [-0.15, -0.1) is 0 Å². The van der Waals surface area contributed by atoms with Crippen LogP contribution in [0.3, 0.4) is 0 Å². The number of rotatable bonds is 5. The lowest BCUT2D eigenvalue weighted by atomic mass is 10.3. The minimum Gasteiger partial charge on any atom is -0.463 e. The number of hydrogen-bond acceptors (Lipinski definition) is 7. The predicted molar refractivity (Wildman–Crippen MR) is 101 cm³/mol. The molecule has 8 heteroatoms. The van der Waals surface area contributed by atoms with Gasteiger partial charge in [-0.1, -0.05) is 30.0 Å². The first-order valence-electron chi connectivity index (χ1n) is 8.22. The molecule has 0 aliphatic carbocycles. The summed E-state index contributed by atoms with van der Waals surface area (Å²) in [5, 5.41) is 6.12. The number of furan rings is 1. The Kier molecular flexibility index (Phi) is 4.64. The third-order valence-electron chi connectivity index (χ3n) is 4.02. The summed E-state index contributed by atoms with van der Waals surface area (Å²) in [5.74, 6) is 0.968. The first-order valence-corrected chi connectivity index (χ1v) is 9.20. The highest BCUT2D eigenvalue weighted by atomic mass is 32.2. The van der Waals surface area contributed by atoms with E-state index in [1.54, 1.807) is 10.9 Å². The minimum atomic E-state index is -0.475. The summed E-state index contributed by atoms with van der Waals surface area (Å²) in [6.45, 7) is 1.82. The fraction of sp³-hybridized carbons (Fsp3) is 0.158. The van der Waals surface area contributed by atoms with Crippen molar-refractivity contribution >= 4 is 28.8 Å². The third-order valence-corrected chi connectivity index (χ3v) is 5.05. The SMILES string of the molecule is COC(=O)c1oc(CSc2ncnc3c2cnn3-c2ccccc2)cc1C. The number of carbonyl (C=O) groups is 1. The van der Waals surface area contributed by atoms with Gasteiger partial charge in [0.2, 0.25) is 5.76 Å². The van der Waals surface area contributed by atoms with Crippen LogP contribution in [-0.4, -0.2) is 32.8 Å². The van der Waals surface area contributed by atoms with Gasteiger partial charge in [0.1, 0.15) is 17.1 Å². The summed E-state index contributed by atoms with van der Waals surface area (Å²) in [5.41, 5.74) is 2.43. The molecule has 0 radical (unpaired) electrons. The van der Waals surface area contributed by atoms with E-state index < -0.39 is 5.97 Å². The van der Waals surface area contributed by atoms with Gasteiger partial charge in [-0.05, 0) is 25.1 Å². The Hall–Kier alpha value is -3.13. The Morgan fingerprint density at radius 3 is 2.85 bits per heavy atom. The van der Waals surface area contributed by atoms with E-state index in [9.17, 15) is 4.79 Å². The standard InChI is InChI=1S/C19H16N4O3S/c1-12-8-14(26-16(12)19(24)25-2)10-27-18-15-9-22-23(17(15)20-11-21-18)13-6-4-3-5-7-13/h3-9,11H,10H2,1-2H3. The van der Waals surface area contributed by atoms with E-state index in [2.05, 4.69) is 15.1 Å². The molecular formula is C19H16N4O3S. The van der Waals surface area contributed by atoms with Crippen molar-refractivity contribution in [3.63, 3.8) is 0 Å². The Bertz CT molecular complexity index is 1100. The van der Waals surface area contributed by atoms with E-state index in [-0.39, 0.29) is 5.76 Å². The number of nitrogens with zero attached hydrogens (tertiary/aromatic N) is 4. The number of esters is 1. The summed E-state index contributed by atoms with van der Waals surface area (Å²) in [6, 6.07) is 11.7. The molecule has 0 amide bonds. The molecule has 4 rings (SSSR count). The van der Waals surface area contributed by atoms with Crippen LogP contribution in [-0.2, 0) is 10.5 Å². The quantitative estimate of drug-likeness (QED) is 0.296. The minimum absolute atomic E-state index is 0.234. The first-order chi connectivity index (χ1) is 13.2. The first kappa shape index (κ1) is 17.3. The van der Waals surface area contributed by atoms with Crippen molar-refractivity contribution in [1.29, 1.82) is 0 Å². The lowest BCUT2D eigenvalue weighted by Gasteiger charge is -2.03. The van der Waals surface area contributed by atoms with Gasteiger partial charge in [0, 0.05) is 5.56 Å². The molecule has 0 spiro atoms. The number of thioether (sulfide) groups is 1. The van der Waals surface area contributed by atoms with Crippen LogP contribution < -0.4 is 0 Å². The van der Waals surface area contributed by atoms with Gasteiger partial charge < -0.3 is 9.15 Å². The topological polar surface area (TPSA) is 83.0 Å². The molecule has 0 aliphatic rings. The summed E-state index contributed by atoms with van der Waals surface area (Å²) < 4.78 is 12.1. The van der Waals surface area contributed by atoms with Crippen molar-refractivity contribution in [2.75, 3.05) is 7.11 Å². The lowest BCUT2D eigenvalue weighted by Crippen LogP contribution is -2.00. The van der Waals surface area contributed by atoms with E-state index in [0.29, 0.717) is 11.5 Å². The molecule has 136 valence electrons. The fourth-order valence-corrected chi connectivity index (χ4v) is 3.59. The van der Waals surface area contributed by atoms with Gasteiger partial charge in [0.25, 0.3) is 0 Å². The third kappa shape index (κ3) is 3.31. The summed E-state index contributed by atoms with van der Waals surface area (Å²) in [7, 11) is 1.33. The van der Waals surface area contributed by atoms with Crippen molar-refractivity contribution in [3.8, 4) is 5.69 Å². The zero-order valence-electron chi connectivity index (χ0n) is 14.7. The van der Waals surface area contributed by atoms with E-state index in [0.717, 1.165) is 27.3 Å². The number of hydrogen-bond donors (Lipinski definition) is 0. The second kappa shape index (κ2) is 7.24. The number of benzene rings is 1. The number of carbonyl (C=O) groups excluding carboxylic acids is 1. The van der Waals surface area contributed by atoms with Crippen LogP contribution in [0.15, 0.2) is 58.4 Å². The Morgan fingerprint density at radius 1 is 1.26 bits per heavy atom. The van der Waals surface area contributed by atoms with Gasteiger partial charge in [-0.25, -0.2) is 19.4 Å². The largest absolute Gasteiger partial charge is 0.463 e. The van der Waals surface area contributed by atoms with Gasteiger partial charge >= 0.3 is 5.97 Å². The number of fused-ring (bicyclic) bond motifs is 1. The van der Waals surface area contributed by atoms with E-state index in [1.165, 1.54) is 25.2 Å². The van der Waals surface area contributed by atoms with Crippen molar-refractivity contribution in [2.45, 2.75) is 17.7 Å².